The first-order valence-corrected chi connectivity index (χ1v) is 9.15. The van der Waals surface area contributed by atoms with Crippen molar-refractivity contribution < 1.29 is 15.2 Å². The highest BCUT2D eigenvalue weighted by atomic mass is 16.6. The molecule has 0 bridgehead atoms. The van der Waals surface area contributed by atoms with Crippen LogP contribution in [0.4, 0.5) is 5.69 Å². The molecule has 4 N–H and O–H groups in total. The number of aromatic hydroxyl groups is 1. The van der Waals surface area contributed by atoms with Crippen molar-refractivity contribution in [2.75, 3.05) is 0 Å². The number of hydrogen-bond donors (Lipinski definition) is 4. The molecule has 0 aliphatic carbocycles. The minimum absolute atomic E-state index is 0.000914. The van der Waals surface area contributed by atoms with E-state index in [9.17, 15) is 10.3 Å². The topological polar surface area (TPSA) is 136 Å². The van der Waals surface area contributed by atoms with Crippen LogP contribution in [-0.2, 0) is 12.8 Å². The number of rotatable bonds is 6. The van der Waals surface area contributed by atoms with Gasteiger partial charge in [-0.05, 0) is 24.8 Å². The average molecular weight is 384 g/mol. The number of aromatic nitrogens is 4. The summed E-state index contributed by atoms with van der Waals surface area (Å²) in [7, 11) is 0. The second-order valence-electron chi connectivity index (χ2n) is 6.63. The molecular weight excluding hydrogens is 360 g/mol. The van der Waals surface area contributed by atoms with Gasteiger partial charge in [-0.15, -0.1) is 0 Å². The van der Waals surface area contributed by atoms with Gasteiger partial charge in [0.15, 0.2) is 0 Å². The zero-order valence-electron chi connectivity index (χ0n) is 16.3. The van der Waals surface area contributed by atoms with Crippen LogP contribution in [0.1, 0.15) is 59.8 Å². The molecule has 0 unspecified atom stereocenters. The van der Waals surface area contributed by atoms with Crippen LogP contribution in [0.3, 0.4) is 0 Å². The Labute approximate surface area is 162 Å². The maximum atomic E-state index is 11.8. The summed E-state index contributed by atoms with van der Waals surface area (Å²) >= 11 is 0. The monoisotopic (exact) mass is 384 g/mol. The third-order valence-electron chi connectivity index (χ3n) is 4.78. The Bertz CT molecular complexity index is 973. The second-order valence-corrected chi connectivity index (χ2v) is 6.63. The molecule has 0 spiro atoms. The second kappa shape index (κ2) is 7.71. The Hall–Kier alpha value is -3.36. The third-order valence-corrected chi connectivity index (χ3v) is 4.78. The first-order valence-electron chi connectivity index (χ1n) is 9.15. The van der Waals surface area contributed by atoms with Gasteiger partial charge in [-0.2, -0.15) is 0 Å². The van der Waals surface area contributed by atoms with E-state index in [2.05, 4.69) is 15.2 Å². The molecule has 9 heteroatoms. The van der Waals surface area contributed by atoms with E-state index in [1.807, 2.05) is 27.7 Å². The summed E-state index contributed by atoms with van der Waals surface area (Å²) in [6, 6.07) is 4.28. The normalized spacial score (nSPS) is 12.1. The lowest BCUT2D eigenvalue weighted by molar-refractivity contribution is -0.473. The van der Waals surface area contributed by atoms with Crippen LogP contribution >= 0.6 is 0 Å². The van der Waals surface area contributed by atoms with Crippen LogP contribution < -0.4 is 0 Å². The predicted molar refractivity (Wildman–Crippen MR) is 102 cm³/mol. The van der Waals surface area contributed by atoms with Gasteiger partial charge < -0.3 is 25.5 Å². The SMILES string of the molecule is CCc1nc(C(c2cc(/[N+]([O-])=N/O)ccc2O)c2nc(CC)[nH]c2C)c(C)[nH]1. The summed E-state index contributed by atoms with van der Waals surface area (Å²) in [4.78, 5) is 16.0. The van der Waals surface area contributed by atoms with Gasteiger partial charge in [-0.1, -0.05) is 13.8 Å². The zero-order chi connectivity index (χ0) is 20.4. The lowest BCUT2D eigenvalue weighted by Gasteiger charge is -2.17. The molecule has 1 aromatic carbocycles. The van der Waals surface area contributed by atoms with Crippen LogP contribution in [0, 0.1) is 19.1 Å². The van der Waals surface area contributed by atoms with Crippen molar-refractivity contribution in [1.82, 2.24) is 19.9 Å². The van der Waals surface area contributed by atoms with Crippen molar-refractivity contribution in [3.8, 4) is 5.75 Å². The van der Waals surface area contributed by atoms with Gasteiger partial charge in [0.05, 0.1) is 17.3 Å². The number of H-pyrrole nitrogens is 2. The molecule has 0 atom stereocenters. The smallest absolute Gasteiger partial charge is 0.248 e. The van der Waals surface area contributed by atoms with E-state index in [-0.39, 0.29) is 16.3 Å². The fourth-order valence-electron chi connectivity index (χ4n) is 3.34. The molecule has 0 fully saturated rings. The van der Waals surface area contributed by atoms with Gasteiger partial charge in [0.2, 0.25) is 11.0 Å². The van der Waals surface area contributed by atoms with Crippen molar-refractivity contribution in [3.05, 3.63) is 63.4 Å². The van der Waals surface area contributed by atoms with Gasteiger partial charge in [0.1, 0.15) is 17.4 Å². The van der Waals surface area contributed by atoms with Crippen molar-refractivity contribution in [3.63, 3.8) is 0 Å². The summed E-state index contributed by atoms with van der Waals surface area (Å²) in [5.74, 6) is 1.15. The van der Waals surface area contributed by atoms with E-state index in [0.29, 0.717) is 5.56 Å². The molecule has 3 aromatic rings. The number of nitrogens with zero attached hydrogens (tertiary/aromatic N) is 4. The van der Waals surface area contributed by atoms with E-state index >= 15 is 0 Å². The van der Waals surface area contributed by atoms with Gasteiger partial charge in [-0.3, -0.25) is 0 Å². The van der Waals surface area contributed by atoms with Crippen LogP contribution in [0.25, 0.3) is 0 Å². The predicted octanol–water partition coefficient (Wildman–Crippen LogP) is 3.74. The minimum Gasteiger partial charge on any atom is -0.592 e. The molecular formula is C19H24N6O3. The fourth-order valence-corrected chi connectivity index (χ4v) is 3.34. The Morgan fingerprint density at radius 2 is 1.61 bits per heavy atom. The van der Waals surface area contributed by atoms with Crippen LogP contribution in [0.2, 0.25) is 0 Å². The summed E-state index contributed by atoms with van der Waals surface area (Å²) in [6.07, 6.45) is 1.47. The fraction of sp³-hybridized carbons (Fsp3) is 0.368. The standard InChI is InChI=1S/C19H24N6O3/c1-5-15-20-10(3)18(22-15)17(19-11(4)21-16(6-2)23-19)13-9-12(25(28)24-27)7-8-14(13)26/h7-9,17,26-27H,5-6H2,1-4H3,(H,20,22)(H,21,23)/b25-24-. The Morgan fingerprint density at radius 1 is 1.07 bits per heavy atom. The van der Waals surface area contributed by atoms with Crippen molar-refractivity contribution in [1.29, 1.82) is 0 Å². The first kappa shape index (κ1) is 19.4. The van der Waals surface area contributed by atoms with Crippen LogP contribution in [-0.4, -0.2) is 35.1 Å². The first-order chi connectivity index (χ1) is 13.4. The Morgan fingerprint density at radius 3 is 2.04 bits per heavy atom. The molecule has 0 aliphatic heterocycles. The quantitative estimate of drug-likeness (QED) is 0.291. The van der Waals surface area contributed by atoms with Crippen molar-refractivity contribution in [2.45, 2.75) is 46.5 Å². The van der Waals surface area contributed by atoms with Crippen molar-refractivity contribution >= 4 is 5.69 Å². The largest absolute Gasteiger partial charge is 0.592 e. The number of aryl methyl sites for hydroxylation is 4. The molecule has 0 amide bonds. The highest BCUT2D eigenvalue weighted by Crippen LogP contribution is 2.39. The molecule has 9 nitrogen and oxygen atoms in total. The zero-order valence-corrected chi connectivity index (χ0v) is 16.3. The number of imidazole rings is 2. The van der Waals surface area contributed by atoms with Gasteiger partial charge in [-0.25, -0.2) is 9.97 Å². The van der Waals surface area contributed by atoms with E-state index in [1.54, 1.807) is 0 Å². The van der Waals surface area contributed by atoms with E-state index in [0.717, 1.165) is 47.3 Å². The maximum Gasteiger partial charge on any atom is 0.248 e. The van der Waals surface area contributed by atoms with Crippen LogP contribution in [0.15, 0.2) is 23.5 Å². The number of phenolic OH excluding ortho intramolecular Hbond substituents is 1. The number of benzene rings is 1. The lowest BCUT2D eigenvalue weighted by Crippen LogP contribution is -2.09. The summed E-state index contributed by atoms with van der Waals surface area (Å²) in [6.45, 7) is 7.84. The molecule has 148 valence electrons. The van der Waals surface area contributed by atoms with Gasteiger partial charge >= 0.3 is 0 Å². The molecule has 2 aromatic heterocycles. The van der Waals surface area contributed by atoms with E-state index in [1.165, 1.54) is 18.2 Å². The van der Waals surface area contributed by atoms with Gasteiger partial charge in [0, 0.05) is 41.9 Å². The van der Waals surface area contributed by atoms with Gasteiger partial charge in [0.25, 0.3) is 0 Å². The summed E-state index contributed by atoms with van der Waals surface area (Å²) in [5, 5.41) is 33.9. The number of nitrogens with one attached hydrogen (secondary N) is 2. The van der Waals surface area contributed by atoms with E-state index in [4.69, 9.17) is 15.2 Å². The number of phenols is 1. The molecule has 0 aliphatic rings. The molecule has 3 rings (SSSR count). The van der Waals surface area contributed by atoms with E-state index < -0.39 is 5.92 Å². The molecule has 2 heterocycles. The number of aromatic amines is 2. The third kappa shape index (κ3) is 3.42. The summed E-state index contributed by atoms with van der Waals surface area (Å²) < 4.78 is 0. The lowest BCUT2D eigenvalue weighted by atomic mass is 9.89. The summed E-state index contributed by atoms with van der Waals surface area (Å²) in [5.41, 5.74) is 3.71. The highest BCUT2D eigenvalue weighted by Gasteiger charge is 2.30. The number of hydrogen-bond acceptors (Lipinski definition) is 5. The van der Waals surface area contributed by atoms with Crippen molar-refractivity contribution in [2.24, 2.45) is 5.28 Å². The maximum absolute atomic E-state index is 11.8. The van der Waals surface area contributed by atoms with Crippen LogP contribution in [0.5, 0.6) is 5.75 Å². The average Bonchev–Trinajstić information content (AvgIpc) is 3.25. The minimum atomic E-state index is -0.500. The molecule has 0 saturated heterocycles. The highest BCUT2D eigenvalue weighted by molar-refractivity contribution is 5.52. The molecule has 28 heavy (non-hydrogen) atoms. The Balaban J connectivity index is 2.28. The Kier molecular flexibility index (Phi) is 5.34. The molecule has 0 radical (unpaired) electrons. The molecule has 0 saturated carbocycles.